The van der Waals surface area contributed by atoms with Crippen molar-refractivity contribution in [2.24, 2.45) is 0 Å². The highest BCUT2D eigenvalue weighted by Crippen LogP contribution is 2.30. The molecule has 0 radical (unpaired) electrons. The van der Waals surface area contributed by atoms with Gasteiger partial charge in [-0.15, -0.1) is 0 Å². The van der Waals surface area contributed by atoms with E-state index in [1.807, 2.05) is 13.8 Å². The summed E-state index contributed by atoms with van der Waals surface area (Å²) in [5.41, 5.74) is 0.729. The lowest BCUT2D eigenvalue weighted by atomic mass is 10.1. The van der Waals surface area contributed by atoms with Crippen LogP contribution in [0.5, 0.6) is 0 Å². The molecule has 0 bridgehead atoms. The third-order valence-corrected chi connectivity index (χ3v) is 7.66. The van der Waals surface area contributed by atoms with E-state index < -0.39 is 34.4 Å². The summed E-state index contributed by atoms with van der Waals surface area (Å²) in [5.74, 6) is -1.80. The van der Waals surface area contributed by atoms with Gasteiger partial charge in [0, 0.05) is 17.6 Å². The number of rotatable bonds is 8. The molecule has 1 heterocycles. The molecule has 0 saturated heterocycles. The second-order valence-corrected chi connectivity index (χ2v) is 10.2. The summed E-state index contributed by atoms with van der Waals surface area (Å²) in [6.07, 6.45) is 0.711. The molecule has 0 spiro atoms. The molecule has 0 saturated carbocycles. The van der Waals surface area contributed by atoms with E-state index in [0.29, 0.717) is 21.3 Å². The zero-order chi connectivity index (χ0) is 24.3. The number of hydrogen-bond donors (Lipinski definition) is 1. The van der Waals surface area contributed by atoms with Gasteiger partial charge < -0.3 is 10.2 Å². The Morgan fingerprint density at radius 3 is 2.33 bits per heavy atom. The number of fused-ring (bicyclic) bond motifs is 1. The van der Waals surface area contributed by atoms with E-state index in [1.54, 1.807) is 37.3 Å². The van der Waals surface area contributed by atoms with Crippen LogP contribution in [0.2, 0.25) is 5.02 Å². The second-order valence-electron chi connectivity index (χ2n) is 7.95. The lowest BCUT2D eigenvalue weighted by Gasteiger charge is -2.30. The molecule has 1 aliphatic rings. The van der Waals surface area contributed by atoms with Crippen LogP contribution in [0.15, 0.2) is 53.4 Å². The molecule has 2 atom stereocenters. The fourth-order valence-corrected chi connectivity index (χ4v) is 5.08. The predicted octanol–water partition coefficient (Wildman–Crippen LogP) is 2.82. The molecule has 0 aromatic heterocycles. The van der Waals surface area contributed by atoms with Crippen LogP contribution in [0, 0.1) is 0 Å². The number of nitrogens with zero attached hydrogens (tertiary/aromatic N) is 2. The molecule has 8 nitrogen and oxygen atoms in total. The predicted molar refractivity (Wildman–Crippen MR) is 124 cm³/mol. The van der Waals surface area contributed by atoms with E-state index in [-0.39, 0.29) is 29.0 Å². The van der Waals surface area contributed by atoms with Crippen LogP contribution in [0.4, 0.5) is 0 Å². The van der Waals surface area contributed by atoms with E-state index in [0.717, 1.165) is 0 Å². The second kappa shape index (κ2) is 9.93. The molecule has 2 aromatic rings. The van der Waals surface area contributed by atoms with Crippen molar-refractivity contribution in [3.63, 3.8) is 0 Å². The third kappa shape index (κ3) is 5.20. The molecule has 33 heavy (non-hydrogen) atoms. The average Bonchev–Trinajstić information content (AvgIpc) is 2.98. The smallest absolute Gasteiger partial charge is 0.269 e. The van der Waals surface area contributed by atoms with Gasteiger partial charge >= 0.3 is 0 Å². The first-order valence-electron chi connectivity index (χ1n) is 10.6. The van der Waals surface area contributed by atoms with Gasteiger partial charge in [-0.3, -0.25) is 14.4 Å². The van der Waals surface area contributed by atoms with Crippen LogP contribution >= 0.6 is 11.6 Å². The highest BCUT2D eigenvalue weighted by Gasteiger charge is 2.43. The van der Waals surface area contributed by atoms with E-state index in [4.69, 9.17) is 11.6 Å². The van der Waals surface area contributed by atoms with Crippen LogP contribution in [0.3, 0.4) is 0 Å². The number of carbonyl (C=O) groups is 3. The molecule has 0 aliphatic carbocycles. The lowest BCUT2D eigenvalue weighted by molar-refractivity contribution is -0.140. The van der Waals surface area contributed by atoms with E-state index in [2.05, 4.69) is 5.32 Å². The van der Waals surface area contributed by atoms with Gasteiger partial charge in [-0.05, 0) is 50.1 Å². The molecule has 1 N–H and O–H groups in total. The SMILES string of the molecule is CC[C@@H](C)NC(=O)[C@H](C)N(Cc1ccc(Cl)cc1)C(=O)CN1C(=O)c2ccccc2S1(=O)=O. The van der Waals surface area contributed by atoms with Crippen molar-refractivity contribution in [2.45, 2.75) is 50.7 Å². The Hall–Kier alpha value is -2.91. The Labute approximate surface area is 198 Å². The van der Waals surface area contributed by atoms with Gasteiger partial charge in [-0.2, -0.15) is 0 Å². The fourth-order valence-electron chi connectivity index (χ4n) is 3.44. The van der Waals surface area contributed by atoms with Crippen LogP contribution in [0.1, 0.15) is 43.1 Å². The fraction of sp³-hybridized carbons (Fsp3) is 0.348. The van der Waals surface area contributed by atoms with Gasteiger partial charge in [0.2, 0.25) is 11.8 Å². The molecule has 3 amide bonds. The highest BCUT2D eigenvalue weighted by atomic mass is 35.5. The largest absolute Gasteiger partial charge is 0.352 e. The van der Waals surface area contributed by atoms with Gasteiger partial charge in [-0.1, -0.05) is 42.8 Å². The molecule has 1 aliphatic heterocycles. The molecule has 176 valence electrons. The Morgan fingerprint density at radius 1 is 1.09 bits per heavy atom. The van der Waals surface area contributed by atoms with Crippen molar-refractivity contribution in [1.29, 1.82) is 0 Å². The zero-order valence-electron chi connectivity index (χ0n) is 18.6. The summed E-state index contributed by atoms with van der Waals surface area (Å²) in [6, 6.07) is 11.6. The topological polar surface area (TPSA) is 104 Å². The first kappa shape index (κ1) is 24.7. The summed E-state index contributed by atoms with van der Waals surface area (Å²) in [4.78, 5) is 40.0. The molecule has 10 heteroatoms. The van der Waals surface area contributed by atoms with Crippen molar-refractivity contribution in [3.05, 3.63) is 64.7 Å². The minimum Gasteiger partial charge on any atom is -0.352 e. The Balaban J connectivity index is 1.88. The van der Waals surface area contributed by atoms with Crippen LogP contribution < -0.4 is 5.32 Å². The molecule has 0 unspecified atom stereocenters. The quantitative estimate of drug-likeness (QED) is 0.611. The number of benzene rings is 2. The van der Waals surface area contributed by atoms with E-state index >= 15 is 0 Å². The average molecular weight is 492 g/mol. The number of carbonyl (C=O) groups excluding carboxylic acids is 3. The Morgan fingerprint density at radius 2 is 1.73 bits per heavy atom. The van der Waals surface area contributed by atoms with Crippen LogP contribution in [-0.4, -0.2) is 54.0 Å². The number of amides is 3. The van der Waals surface area contributed by atoms with Gasteiger partial charge in [-0.25, -0.2) is 12.7 Å². The van der Waals surface area contributed by atoms with E-state index in [1.165, 1.54) is 23.1 Å². The highest BCUT2D eigenvalue weighted by molar-refractivity contribution is 7.90. The summed E-state index contributed by atoms with van der Waals surface area (Å²) in [7, 11) is -4.15. The molecule has 3 rings (SSSR count). The standard InChI is InChI=1S/C23H26ClN3O5S/c1-4-15(2)25-22(29)16(3)26(13-17-9-11-18(24)12-10-17)21(28)14-27-23(30)19-7-5-6-8-20(19)33(27,31)32/h5-12,15-16H,4,13-14H2,1-3H3,(H,25,29)/t15-,16+/m1/s1. The van der Waals surface area contributed by atoms with Crippen molar-refractivity contribution in [1.82, 2.24) is 14.5 Å². The molecular weight excluding hydrogens is 466 g/mol. The van der Waals surface area contributed by atoms with E-state index in [9.17, 15) is 22.8 Å². The van der Waals surface area contributed by atoms with Crippen LogP contribution in [0.25, 0.3) is 0 Å². The minimum absolute atomic E-state index is 0.0251. The normalized spacial score (nSPS) is 16.1. The maximum Gasteiger partial charge on any atom is 0.269 e. The summed E-state index contributed by atoms with van der Waals surface area (Å²) in [5, 5.41) is 3.36. The summed E-state index contributed by atoms with van der Waals surface area (Å²) < 4.78 is 26.3. The van der Waals surface area contributed by atoms with Gasteiger partial charge in [0.05, 0.1) is 5.56 Å². The lowest BCUT2D eigenvalue weighted by Crippen LogP contribution is -2.52. The first-order chi connectivity index (χ1) is 15.6. The maximum absolute atomic E-state index is 13.3. The molecular formula is C23H26ClN3O5S. The zero-order valence-corrected chi connectivity index (χ0v) is 20.2. The van der Waals surface area contributed by atoms with Crippen molar-refractivity contribution in [3.8, 4) is 0 Å². The summed E-state index contributed by atoms with van der Waals surface area (Å²) >= 11 is 5.95. The number of nitrogens with one attached hydrogen (secondary N) is 1. The van der Waals surface area contributed by atoms with Crippen molar-refractivity contribution in [2.75, 3.05) is 6.54 Å². The maximum atomic E-state index is 13.3. The Kier molecular flexibility index (Phi) is 7.44. The molecule has 2 aromatic carbocycles. The molecule has 0 fully saturated rings. The third-order valence-electron chi connectivity index (χ3n) is 5.63. The van der Waals surface area contributed by atoms with Crippen molar-refractivity contribution < 1.29 is 22.8 Å². The van der Waals surface area contributed by atoms with Gasteiger partial charge in [0.1, 0.15) is 17.5 Å². The first-order valence-corrected chi connectivity index (χ1v) is 12.4. The van der Waals surface area contributed by atoms with Crippen molar-refractivity contribution >= 4 is 39.3 Å². The van der Waals surface area contributed by atoms with Gasteiger partial charge in [0.15, 0.2) is 0 Å². The minimum atomic E-state index is -4.15. The number of sulfonamides is 1. The summed E-state index contributed by atoms with van der Waals surface area (Å²) in [6.45, 7) is 4.68. The number of halogens is 1. The monoisotopic (exact) mass is 491 g/mol. The number of hydrogen-bond acceptors (Lipinski definition) is 5. The van der Waals surface area contributed by atoms with Gasteiger partial charge in [0.25, 0.3) is 15.9 Å². The van der Waals surface area contributed by atoms with Crippen LogP contribution in [-0.2, 0) is 26.2 Å². The Bertz CT molecular complexity index is 1170.